The lowest BCUT2D eigenvalue weighted by Gasteiger charge is -2.06. The molecule has 1 N–H and O–H groups in total. The van der Waals surface area contributed by atoms with Crippen LogP contribution in [0.5, 0.6) is 0 Å². The average Bonchev–Trinajstić information content (AvgIpc) is 2.32. The van der Waals surface area contributed by atoms with Crippen molar-refractivity contribution in [2.75, 3.05) is 6.54 Å². The van der Waals surface area contributed by atoms with Crippen molar-refractivity contribution in [1.29, 1.82) is 0 Å². The second-order valence-electron chi connectivity index (χ2n) is 4.60. The van der Waals surface area contributed by atoms with Crippen LogP contribution in [-0.4, -0.2) is 17.0 Å². The van der Waals surface area contributed by atoms with Crippen LogP contribution >= 0.6 is 15.9 Å². The molecule has 19 heavy (non-hydrogen) atoms. The molecule has 0 saturated heterocycles. The lowest BCUT2D eigenvalue weighted by molar-refractivity contribution is -0.116. The number of carbonyl (C=O) groups excluding carboxylic acids is 1. The van der Waals surface area contributed by atoms with E-state index < -0.39 is 0 Å². The Morgan fingerprint density at radius 1 is 1.37 bits per heavy atom. The Labute approximate surface area is 121 Å². The standard InChI is InChI=1S/C14H19BrN2O2/c1-11(2)9-13(18)16-7-3-4-8-17-10-12(15)5-6-14(17)19/h5-6,9-10H,3-4,7-8H2,1-2H3,(H,16,18). The molecular formula is C14H19BrN2O2. The molecule has 0 unspecified atom stereocenters. The van der Waals surface area contributed by atoms with Crippen LogP contribution in [-0.2, 0) is 11.3 Å². The minimum Gasteiger partial charge on any atom is -0.353 e. The largest absolute Gasteiger partial charge is 0.353 e. The molecule has 0 aliphatic rings. The van der Waals surface area contributed by atoms with Gasteiger partial charge in [-0.25, -0.2) is 0 Å². The monoisotopic (exact) mass is 326 g/mol. The number of pyridine rings is 1. The first kappa shape index (κ1) is 15.7. The van der Waals surface area contributed by atoms with Gasteiger partial charge in [-0.05, 0) is 48.7 Å². The smallest absolute Gasteiger partial charge is 0.250 e. The van der Waals surface area contributed by atoms with E-state index in [0.29, 0.717) is 13.1 Å². The fourth-order valence-electron chi connectivity index (χ4n) is 1.61. The Morgan fingerprint density at radius 3 is 2.79 bits per heavy atom. The number of aryl methyl sites for hydroxylation is 1. The summed E-state index contributed by atoms with van der Waals surface area (Å²) >= 11 is 3.34. The van der Waals surface area contributed by atoms with Crippen LogP contribution in [0.3, 0.4) is 0 Å². The maximum atomic E-state index is 11.5. The van der Waals surface area contributed by atoms with Gasteiger partial charge in [0.15, 0.2) is 0 Å². The summed E-state index contributed by atoms with van der Waals surface area (Å²) in [7, 11) is 0. The van der Waals surface area contributed by atoms with Gasteiger partial charge < -0.3 is 9.88 Å². The van der Waals surface area contributed by atoms with E-state index in [9.17, 15) is 9.59 Å². The number of nitrogens with zero attached hydrogens (tertiary/aromatic N) is 1. The highest BCUT2D eigenvalue weighted by Crippen LogP contribution is 2.05. The van der Waals surface area contributed by atoms with Crippen molar-refractivity contribution in [3.63, 3.8) is 0 Å². The summed E-state index contributed by atoms with van der Waals surface area (Å²) in [4.78, 5) is 22.9. The van der Waals surface area contributed by atoms with Gasteiger partial charge in [-0.1, -0.05) is 5.57 Å². The highest BCUT2D eigenvalue weighted by Gasteiger charge is 1.98. The number of halogens is 1. The van der Waals surface area contributed by atoms with Crippen molar-refractivity contribution < 1.29 is 4.79 Å². The predicted octanol–water partition coefficient (Wildman–Crippen LogP) is 2.47. The molecule has 0 saturated carbocycles. The highest BCUT2D eigenvalue weighted by molar-refractivity contribution is 9.10. The van der Waals surface area contributed by atoms with E-state index in [1.54, 1.807) is 29.0 Å². The molecule has 0 spiro atoms. The third-order valence-corrected chi connectivity index (χ3v) is 2.96. The molecule has 1 aromatic rings. The van der Waals surface area contributed by atoms with Gasteiger partial charge in [-0.15, -0.1) is 0 Å². The molecule has 0 atom stereocenters. The Balaban J connectivity index is 2.28. The van der Waals surface area contributed by atoms with Gasteiger partial charge >= 0.3 is 0 Å². The lowest BCUT2D eigenvalue weighted by Crippen LogP contribution is -2.23. The number of hydrogen-bond acceptors (Lipinski definition) is 2. The summed E-state index contributed by atoms with van der Waals surface area (Å²) in [5.74, 6) is -0.0559. The molecule has 1 amide bonds. The molecule has 0 aliphatic heterocycles. The van der Waals surface area contributed by atoms with Gasteiger partial charge in [0.25, 0.3) is 5.56 Å². The number of carbonyl (C=O) groups is 1. The quantitative estimate of drug-likeness (QED) is 0.645. The number of hydrogen-bond donors (Lipinski definition) is 1. The topological polar surface area (TPSA) is 51.1 Å². The van der Waals surface area contributed by atoms with Crippen molar-refractivity contribution in [3.8, 4) is 0 Å². The summed E-state index contributed by atoms with van der Waals surface area (Å²) in [5.41, 5.74) is 0.981. The van der Waals surface area contributed by atoms with E-state index in [0.717, 1.165) is 22.9 Å². The number of allylic oxidation sites excluding steroid dienone is 1. The van der Waals surface area contributed by atoms with Crippen molar-refractivity contribution in [3.05, 3.63) is 44.8 Å². The van der Waals surface area contributed by atoms with E-state index in [1.165, 1.54) is 0 Å². The zero-order valence-electron chi connectivity index (χ0n) is 11.3. The minimum absolute atomic E-state index is 0.00298. The summed E-state index contributed by atoms with van der Waals surface area (Å²) in [6, 6.07) is 3.28. The fraction of sp³-hybridized carbons (Fsp3) is 0.429. The Morgan fingerprint density at radius 2 is 2.11 bits per heavy atom. The summed E-state index contributed by atoms with van der Waals surface area (Å²) < 4.78 is 2.56. The van der Waals surface area contributed by atoms with Gasteiger partial charge in [0.2, 0.25) is 5.91 Å². The molecule has 0 aromatic carbocycles. The number of unbranched alkanes of at least 4 members (excludes halogenated alkanes) is 1. The molecule has 104 valence electrons. The zero-order chi connectivity index (χ0) is 14.3. The normalized spacial score (nSPS) is 10.1. The molecule has 5 heteroatoms. The van der Waals surface area contributed by atoms with E-state index in [2.05, 4.69) is 21.2 Å². The number of amides is 1. The molecule has 1 aromatic heterocycles. The van der Waals surface area contributed by atoms with Crippen molar-refractivity contribution in [1.82, 2.24) is 9.88 Å². The Kier molecular flexibility index (Phi) is 6.56. The van der Waals surface area contributed by atoms with E-state index >= 15 is 0 Å². The SMILES string of the molecule is CC(C)=CC(=O)NCCCCn1cc(Br)ccc1=O. The fourth-order valence-corrected chi connectivity index (χ4v) is 1.99. The Hall–Kier alpha value is -1.36. The predicted molar refractivity (Wildman–Crippen MR) is 80.1 cm³/mol. The zero-order valence-corrected chi connectivity index (χ0v) is 12.9. The van der Waals surface area contributed by atoms with Gasteiger partial charge in [0.1, 0.15) is 0 Å². The van der Waals surface area contributed by atoms with Gasteiger partial charge in [0, 0.05) is 35.9 Å². The number of rotatable bonds is 6. The van der Waals surface area contributed by atoms with Crippen molar-refractivity contribution >= 4 is 21.8 Å². The van der Waals surface area contributed by atoms with Crippen LogP contribution in [0.25, 0.3) is 0 Å². The first-order valence-corrected chi connectivity index (χ1v) is 7.07. The van der Waals surface area contributed by atoms with Crippen LogP contribution in [0.15, 0.2) is 39.2 Å². The summed E-state index contributed by atoms with van der Waals surface area (Å²) in [6.07, 6.45) is 5.07. The maximum absolute atomic E-state index is 11.5. The molecule has 0 aliphatic carbocycles. The van der Waals surface area contributed by atoms with Crippen LogP contribution < -0.4 is 10.9 Å². The van der Waals surface area contributed by atoms with E-state index in [1.807, 2.05) is 13.8 Å². The Bertz CT molecular complexity index is 516. The molecular weight excluding hydrogens is 308 g/mol. The van der Waals surface area contributed by atoms with E-state index in [-0.39, 0.29) is 11.5 Å². The van der Waals surface area contributed by atoms with Gasteiger partial charge in [-0.2, -0.15) is 0 Å². The van der Waals surface area contributed by atoms with Crippen molar-refractivity contribution in [2.45, 2.75) is 33.2 Å². The molecule has 4 nitrogen and oxygen atoms in total. The molecule has 0 fully saturated rings. The van der Waals surface area contributed by atoms with Gasteiger partial charge in [-0.3, -0.25) is 9.59 Å². The van der Waals surface area contributed by atoms with Crippen molar-refractivity contribution in [2.24, 2.45) is 0 Å². The average molecular weight is 327 g/mol. The molecule has 1 rings (SSSR count). The lowest BCUT2D eigenvalue weighted by atomic mass is 10.3. The van der Waals surface area contributed by atoms with Crippen LogP contribution in [0.4, 0.5) is 0 Å². The first-order chi connectivity index (χ1) is 8.99. The second kappa shape index (κ2) is 7.94. The summed E-state index contributed by atoms with van der Waals surface area (Å²) in [6.45, 7) is 5.07. The van der Waals surface area contributed by atoms with Crippen LogP contribution in [0.1, 0.15) is 26.7 Å². The number of nitrogens with one attached hydrogen (secondary N) is 1. The number of aromatic nitrogens is 1. The third-order valence-electron chi connectivity index (χ3n) is 2.49. The third kappa shape index (κ3) is 6.38. The molecule has 1 heterocycles. The maximum Gasteiger partial charge on any atom is 0.250 e. The second-order valence-corrected chi connectivity index (χ2v) is 5.51. The molecule has 0 bridgehead atoms. The minimum atomic E-state index is -0.0559. The highest BCUT2D eigenvalue weighted by atomic mass is 79.9. The van der Waals surface area contributed by atoms with Crippen LogP contribution in [0, 0.1) is 0 Å². The summed E-state index contributed by atoms with van der Waals surface area (Å²) in [5, 5.41) is 2.81. The van der Waals surface area contributed by atoms with Crippen LogP contribution in [0.2, 0.25) is 0 Å². The molecule has 0 radical (unpaired) electrons. The van der Waals surface area contributed by atoms with Gasteiger partial charge in [0.05, 0.1) is 0 Å². The first-order valence-electron chi connectivity index (χ1n) is 6.28. The van der Waals surface area contributed by atoms with E-state index in [4.69, 9.17) is 0 Å².